The summed E-state index contributed by atoms with van der Waals surface area (Å²) < 4.78 is 33.3. The molecule has 0 aliphatic carbocycles. The average molecular weight is 367 g/mol. The van der Waals surface area contributed by atoms with Crippen molar-refractivity contribution in [3.63, 3.8) is 0 Å². The van der Waals surface area contributed by atoms with Crippen LogP contribution in [0.1, 0.15) is 12.2 Å². The van der Waals surface area contributed by atoms with Crippen LogP contribution >= 0.6 is 0 Å². The molecule has 0 spiro atoms. The van der Waals surface area contributed by atoms with Gasteiger partial charge in [0.25, 0.3) is 10.0 Å². The lowest BCUT2D eigenvalue weighted by Crippen LogP contribution is -2.28. The highest BCUT2D eigenvalue weighted by Gasteiger charge is 2.18. The van der Waals surface area contributed by atoms with E-state index in [0.717, 1.165) is 0 Å². The van der Waals surface area contributed by atoms with Crippen molar-refractivity contribution in [1.82, 2.24) is 14.3 Å². The minimum absolute atomic E-state index is 0.0539. The fraction of sp³-hybridized carbons (Fsp3) is 0.333. The molecule has 0 atom stereocenters. The molecule has 2 rings (SSSR count). The van der Waals surface area contributed by atoms with Gasteiger partial charge in [0.1, 0.15) is 11.6 Å². The molecule has 4 N–H and O–H groups in total. The molecular formula is C15H21N5O4S. The van der Waals surface area contributed by atoms with E-state index in [1.54, 1.807) is 36.7 Å². The number of nitrogen functional groups attached to an aromatic ring is 1. The molecule has 1 heterocycles. The van der Waals surface area contributed by atoms with Gasteiger partial charge < -0.3 is 20.4 Å². The van der Waals surface area contributed by atoms with Crippen LogP contribution in [0.5, 0.6) is 5.75 Å². The fourth-order valence-electron chi connectivity index (χ4n) is 2.01. The molecule has 0 bridgehead atoms. The molecule has 0 saturated carbocycles. The lowest BCUT2D eigenvalue weighted by molar-refractivity contribution is -0.116. The first-order valence-electron chi connectivity index (χ1n) is 7.46. The average Bonchev–Trinajstić information content (AvgIpc) is 2.89. The number of hydrogen-bond donors (Lipinski definition) is 3. The van der Waals surface area contributed by atoms with Crippen molar-refractivity contribution in [3.05, 3.63) is 30.2 Å². The second-order valence-corrected chi connectivity index (χ2v) is 7.10. The standard InChI is InChI=1S/C15H21N5O4S/c1-10-18-15(9-20(10)2)25(22,23)17-7-6-14(21)19-13-8-11(24-3)4-5-12(13)16/h4-5,8-9,17H,6-7,16H2,1-3H3,(H,19,21). The first-order valence-corrected chi connectivity index (χ1v) is 8.94. The third-order valence-electron chi connectivity index (χ3n) is 3.54. The maximum absolute atomic E-state index is 12.1. The number of rotatable bonds is 7. The number of hydrogen-bond acceptors (Lipinski definition) is 6. The second kappa shape index (κ2) is 7.53. The number of methoxy groups -OCH3 is 1. The molecule has 1 amide bonds. The van der Waals surface area contributed by atoms with E-state index in [9.17, 15) is 13.2 Å². The number of nitrogens with two attached hydrogens (primary N) is 1. The summed E-state index contributed by atoms with van der Waals surface area (Å²) in [6, 6.07) is 4.88. The molecule has 0 aliphatic rings. The lowest BCUT2D eigenvalue weighted by atomic mass is 10.2. The van der Waals surface area contributed by atoms with Gasteiger partial charge in [-0.05, 0) is 19.1 Å². The topological polar surface area (TPSA) is 128 Å². The Bertz CT molecular complexity index is 857. The quantitative estimate of drug-likeness (QED) is 0.616. The highest BCUT2D eigenvalue weighted by molar-refractivity contribution is 7.89. The molecule has 0 aliphatic heterocycles. The van der Waals surface area contributed by atoms with Gasteiger partial charge in [0.05, 0.1) is 18.5 Å². The molecule has 136 valence electrons. The second-order valence-electron chi connectivity index (χ2n) is 5.39. The van der Waals surface area contributed by atoms with Crippen molar-refractivity contribution in [1.29, 1.82) is 0 Å². The van der Waals surface area contributed by atoms with Gasteiger partial charge in [0.2, 0.25) is 5.91 Å². The number of carbonyl (C=O) groups is 1. The molecule has 9 nitrogen and oxygen atoms in total. The SMILES string of the molecule is COc1ccc(N)c(NC(=O)CCNS(=O)(=O)c2cn(C)c(C)n2)c1. The normalized spacial score (nSPS) is 11.3. The number of aryl methyl sites for hydroxylation is 2. The number of nitrogens with one attached hydrogen (secondary N) is 2. The smallest absolute Gasteiger partial charge is 0.259 e. The summed E-state index contributed by atoms with van der Waals surface area (Å²) >= 11 is 0. The number of sulfonamides is 1. The van der Waals surface area contributed by atoms with Crippen LogP contribution in [0.2, 0.25) is 0 Å². The number of nitrogens with zero attached hydrogens (tertiary/aromatic N) is 2. The molecular weight excluding hydrogens is 346 g/mol. The summed E-state index contributed by atoms with van der Waals surface area (Å²) in [6.07, 6.45) is 1.36. The number of anilines is 2. The lowest BCUT2D eigenvalue weighted by Gasteiger charge is -2.10. The van der Waals surface area contributed by atoms with Gasteiger partial charge >= 0.3 is 0 Å². The predicted octanol–water partition coefficient (Wildman–Crippen LogP) is 0.626. The molecule has 10 heteroatoms. The van der Waals surface area contributed by atoms with Gasteiger partial charge in [-0.25, -0.2) is 18.1 Å². The van der Waals surface area contributed by atoms with E-state index in [-0.39, 0.29) is 23.9 Å². The van der Waals surface area contributed by atoms with Crippen LogP contribution in [0.15, 0.2) is 29.4 Å². The Morgan fingerprint density at radius 3 is 2.72 bits per heavy atom. The van der Waals surface area contributed by atoms with Gasteiger partial charge in [0.15, 0.2) is 5.03 Å². The number of aromatic nitrogens is 2. The largest absolute Gasteiger partial charge is 0.497 e. The predicted molar refractivity (Wildman–Crippen MR) is 93.8 cm³/mol. The van der Waals surface area contributed by atoms with Crippen molar-refractivity contribution < 1.29 is 17.9 Å². The Hall–Kier alpha value is -2.59. The first-order chi connectivity index (χ1) is 11.7. The Morgan fingerprint density at radius 2 is 2.12 bits per heavy atom. The number of ether oxygens (including phenoxy) is 1. The van der Waals surface area contributed by atoms with E-state index in [1.807, 2.05) is 0 Å². The highest BCUT2D eigenvalue weighted by Crippen LogP contribution is 2.24. The van der Waals surface area contributed by atoms with Gasteiger partial charge in [0, 0.05) is 32.3 Å². The van der Waals surface area contributed by atoms with Crippen molar-refractivity contribution in [2.45, 2.75) is 18.4 Å². The summed E-state index contributed by atoms with van der Waals surface area (Å²) in [7, 11) is -0.549. The van der Waals surface area contributed by atoms with Crippen LogP contribution in [0.4, 0.5) is 11.4 Å². The van der Waals surface area contributed by atoms with Gasteiger partial charge in [-0.15, -0.1) is 0 Å². The number of carbonyl (C=O) groups excluding carboxylic acids is 1. The summed E-state index contributed by atoms with van der Waals surface area (Å²) in [5.41, 5.74) is 6.59. The summed E-state index contributed by atoms with van der Waals surface area (Å²) in [4.78, 5) is 15.9. The Kier molecular flexibility index (Phi) is 5.65. The molecule has 0 unspecified atom stereocenters. The van der Waals surface area contributed by atoms with Crippen molar-refractivity contribution in [3.8, 4) is 5.75 Å². The van der Waals surface area contributed by atoms with E-state index >= 15 is 0 Å². The third-order valence-corrected chi connectivity index (χ3v) is 4.87. The molecule has 1 aromatic carbocycles. The Labute approximate surface area is 146 Å². The minimum atomic E-state index is -3.76. The zero-order chi connectivity index (χ0) is 18.6. The van der Waals surface area contributed by atoms with Gasteiger partial charge in [-0.2, -0.15) is 0 Å². The number of benzene rings is 1. The zero-order valence-electron chi connectivity index (χ0n) is 14.2. The molecule has 2 aromatic rings. The van der Waals surface area contributed by atoms with Crippen LogP contribution in [-0.2, 0) is 21.9 Å². The Morgan fingerprint density at radius 1 is 1.40 bits per heavy atom. The molecule has 0 saturated heterocycles. The summed E-state index contributed by atoms with van der Waals surface area (Å²) in [5.74, 6) is 0.752. The van der Waals surface area contributed by atoms with Crippen molar-refractivity contribution in [2.24, 2.45) is 7.05 Å². The van der Waals surface area contributed by atoms with Crippen LogP contribution in [0, 0.1) is 6.92 Å². The maximum atomic E-state index is 12.1. The fourth-order valence-corrected chi connectivity index (χ4v) is 3.08. The Balaban J connectivity index is 1.92. The summed E-state index contributed by atoms with van der Waals surface area (Å²) in [6.45, 7) is 1.64. The molecule has 25 heavy (non-hydrogen) atoms. The third kappa shape index (κ3) is 4.70. The van der Waals surface area contributed by atoms with E-state index in [1.165, 1.54) is 13.3 Å². The minimum Gasteiger partial charge on any atom is -0.497 e. The molecule has 1 aromatic heterocycles. The van der Waals surface area contributed by atoms with Crippen LogP contribution < -0.4 is 20.5 Å². The van der Waals surface area contributed by atoms with Gasteiger partial charge in [-0.1, -0.05) is 0 Å². The molecule has 0 fully saturated rings. The van der Waals surface area contributed by atoms with E-state index in [2.05, 4.69) is 15.0 Å². The van der Waals surface area contributed by atoms with Crippen LogP contribution in [0.3, 0.4) is 0 Å². The number of imidazole rings is 1. The van der Waals surface area contributed by atoms with Crippen molar-refractivity contribution in [2.75, 3.05) is 24.7 Å². The molecule has 0 radical (unpaired) electrons. The van der Waals surface area contributed by atoms with Crippen molar-refractivity contribution >= 4 is 27.3 Å². The maximum Gasteiger partial charge on any atom is 0.259 e. The highest BCUT2D eigenvalue weighted by atomic mass is 32.2. The van der Waals surface area contributed by atoms with E-state index < -0.39 is 10.0 Å². The van der Waals surface area contributed by atoms with Gasteiger partial charge in [-0.3, -0.25) is 4.79 Å². The van der Waals surface area contributed by atoms with Crippen LogP contribution in [-0.4, -0.2) is 37.5 Å². The monoisotopic (exact) mass is 367 g/mol. The van der Waals surface area contributed by atoms with E-state index in [4.69, 9.17) is 10.5 Å². The van der Waals surface area contributed by atoms with E-state index in [0.29, 0.717) is 22.9 Å². The first kappa shape index (κ1) is 18.7. The zero-order valence-corrected chi connectivity index (χ0v) is 15.1. The van der Waals surface area contributed by atoms with Crippen LogP contribution in [0.25, 0.3) is 0 Å². The summed E-state index contributed by atoms with van der Waals surface area (Å²) in [5, 5.41) is 2.55. The number of amides is 1.